The van der Waals surface area contributed by atoms with Gasteiger partial charge in [0.2, 0.25) is 11.8 Å². The molecule has 0 radical (unpaired) electrons. The number of thiazole rings is 1. The number of nitro benzene ring substituents is 1. The molecular weight excluding hydrogens is 587 g/mol. The number of H-pyrrole nitrogens is 1. The van der Waals surface area contributed by atoms with Gasteiger partial charge in [-0.2, -0.15) is 0 Å². The van der Waals surface area contributed by atoms with Gasteiger partial charge in [0, 0.05) is 34.2 Å². The first kappa shape index (κ1) is 27.4. The molecule has 11 nitrogen and oxygen atoms in total. The Balaban J connectivity index is 1.33. The second kappa shape index (κ2) is 10.9. The number of non-ortho nitro benzene ring substituents is 1. The van der Waals surface area contributed by atoms with Crippen molar-refractivity contribution in [3.8, 4) is 5.75 Å². The van der Waals surface area contributed by atoms with Crippen LogP contribution in [0.5, 0.6) is 5.75 Å². The van der Waals surface area contributed by atoms with Crippen molar-refractivity contribution in [2.45, 2.75) is 16.2 Å². The predicted molar refractivity (Wildman–Crippen MR) is 152 cm³/mol. The molecule has 6 rings (SSSR count). The van der Waals surface area contributed by atoms with E-state index in [2.05, 4.69) is 10.3 Å². The Labute approximate surface area is 244 Å². The fraction of sp³-hybridized carbons (Fsp3) is 0.143. The molecule has 2 aliphatic heterocycles. The van der Waals surface area contributed by atoms with Crippen LogP contribution in [0, 0.1) is 21.8 Å². The topological polar surface area (TPSA) is 152 Å². The second-order valence-corrected chi connectivity index (χ2v) is 11.6. The lowest BCUT2D eigenvalue weighted by Crippen LogP contribution is -2.32. The maximum atomic E-state index is 13.9. The van der Waals surface area contributed by atoms with Crippen LogP contribution in [0.4, 0.5) is 21.5 Å². The summed E-state index contributed by atoms with van der Waals surface area (Å²) in [4.78, 5) is 67.0. The summed E-state index contributed by atoms with van der Waals surface area (Å²) in [6.45, 7) is -0.401. The van der Waals surface area contributed by atoms with E-state index in [4.69, 9.17) is 4.74 Å². The monoisotopic (exact) mass is 606 g/mol. The summed E-state index contributed by atoms with van der Waals surface area (Å²) in [5, 5.41) is 13.3. The number of hydrogen-bond donors (Lipinski definition) is 2. The minimum Gasteiger partial charge on any atom is -0.483 e. The van der Waals surface area contributed by atoms with E-state index in [1.165, 1.54) is 48.5 Å². The number of thioether (sulfide) groups is 1. The molecule has 2 aliphatic rings. The molecule has 42 heavy (non-hydrogen) atoms. The van der Waals surface area contributed by atoms with Crippen LogP contribution < -0.4 is 19.8 Å². The number of imide groups is 1. The van der Waals surface area contributed by atoms with Crippen LogP contribution in [0.2, 0.25) is 0 Å². The summed E-state index contributed by atoms with van der Waals surface area (Å²) in [5.41, 5.74) is 0.902. The predicted octanol–water partition coefficient (Wildman–Crippen LogP) is 4.30. The smallest absolute Gasteiger partial charge is 0.305 e. The molecule has 3 amide bonds. The first-order chi connectivity index (χ1) is 20.2. The molecule has 0 bridgehead atoms. The SMILES string of the molecule is O=C(COc1ccccc1[C@H]1c2sc(=O)[nH]c2SC2C(=O)N(c3ccc([N+](=O)[O-])cc3)C(=O)C21)Nc1ccc(F)cc1. The molecule has 3 heterocycles. The zero-order chi connectivity index (χ0) is 29.5. The van der Waals surface area contributed by atoms with Crippen molar-refractivity contribution in [3.05, 3.63) is 109 Å². The zero-order valence-corrected chi connectivity index (χ0v) is 22.9. The molecule has 0 saturated carbocycles. The van der Waals surface area contributed by atoms with E-state index in [-0.39, 0.29) is 22.0 Å². The number of para-hydroxylation sites is 1. The number of aromatic amines is 1. The molecule has 3 atom stereocenters. The lowest BCUT2D eigenvalue weighted by atomic mass is 9.82. The molecule has 2 unspecified atom stereocenters. The fourth-order valence-electron chi connectivity index (χ4n) is 5.07. The Bertz CT molecular complexity index is 1790. The number of carbonyl (C=O) groups is 3. The standard InChI is InChI=1S/C28H19FN4O7S2/c29-14-5-7-15(8-6-14)30-20(34)13-40-19-4-2-1-3-18(19)21-22-24(41-25-23(21)42-28(37)31-25)27(36)32(26(22)35)16-9-11-17(12-10-16)33(38)39/h1-12,21-22,24H,13H2,(H,30,34)(H,31,37)/t21-,22?,24?/m1/s1. The van der Waals surface area contributed by atoms with Crippen molar-refractivity contribution < 1.29 is 28.4 Å². The number of rotatable bonds is 7. The highest BCUT2D eigenvalue weighted by atomic mass is 32.2. The van der Waals surface area contributed by atoms with Crippen molar-refractivity contribution in [1.29, 1.82) is 0 Å². The summed E-state index contributed by atoms with van der Waals surface area (Å²) in [6, 6.07) is 17.1. The molecule has 0 aliphatic carbocycles. The zero-order valence-electron chi connectivity index (χ0n) is 21.3. The quantitative estimate of drug-likeness (QED) is 0.180. The van der Waals surface area contributed by atoms with Gasteiger partial charge in [0.15, 0.2) is 6.61 Å². The molecule has 2 N–H and O–H groups in total. The number of nitro groups is 1. The number of carbonyl (C=O) groups excluding carboxylic acids is 3. The Morgan fingerprint density at radius 3 is 2.45 bits per heavy atom. The summed E-state index contributed by atoms with van der Waals surface area (Å²) < 4.78 is 19.1. The second-order valence-electron chi connectivity index (χ2n) is 9.42. The van der Waals surface area contributed by atoms with Gasteiger partial charge in [-0.25, -0.2) is 9.29 Å². The van der Waals surface area contributed by atoms with Crippen LogP contribution in [0.15, 0.2) is 82.6 Å². The van der Waals surface area contributed by atoms with Crippen LogP contribution in [-0.2, 0) is 14.4 Å². The number of aromatic nitrogens is 1. The van der Waals surface area contributed by atoms with E-state index >= 15 is 0 Å². The molecule has 1 aromatic heterocycles. The van der Waals surface area contributed by atoms with Crippen LogP contribution >= 0.6 is 23.1 Å². The van der Waals surface area contributed by atoms with Gasteiger partial charge in [0.05, 0.1) is 21.6 Å². The normalized spacial score (nSPS) is 19.3. The summed E-state index contributed by atoms with van der Waals surface area (Å²) in [5.74, 6) is -3.38. The van der Waals surface area contributed by atoms with Crippen LogP contribution in [0.3, 0.4) is 0 Å². The molecule has 4 aromatic rings. The lowest BCUT2D eigenvalue weighted by molar-refractivity contribution is -0.384. The van der Waals surface area contributed by atoms with E-state index in [9.17, 15) is 33.7 Å². The van der Waals surface area contributed by atoms with Gasteiger partial charge in [-0.1, -0.05) is 41.3 Å². The number of amides is 3. The average Bonchev–Trinajstić information content (AvgIpc) is 3.47. The molecule has 212 valence electrons. The average molecular weight is 607 g/mol. The van der Waals surface area contributed by atoms with Crippen molar-refractivity contribution in [2.75, 3.05) is 16.8 Å². The van der Waals surface area contributed by atoms with E-state index in [0.29, 0.717) is 21.2 Å². The molecule has 0 spiro atoms. The maximum Gasteiger partial charge on any atom is 0.305 e. The van der Waals surface area contributed by atoms with Crippen LogP contribution in [0.25, 0.3) is 0 Å². The first-order valence-corrected chi connectivity index (χ1v) is 14.2. The Hall–Kier alpha value is -4.82. The molecule has 3 aromatic carbocycles. The number of nitrogens with zero attached hydrogens (tertiary/aromatic N) is 2. The Morgan fingerprint density at radius 2 is 1.74 bits per heavy atom. The highest BCUT2D eigenvalue weighted by Gasteiger charge is 2.56. The van der Waals surface area contributed by atoms with Gasteiger partial charge < -0.3 is 15.0 Å². The highest BCUT2D eigenvalue weighted by molar-refractivity contribution is 8.00. The van der Waals surface area contributed by atoms with Crippen molar-refractivity contribution in [3.63, 3.8) is 0 Å². The third-order valence-corrected chi connectivity index (χ3v) is 9.28. The molecule has 1 fully saturated rings. The van der Waals surface area contributed by atoms with Gasteiger partial charge in [0.1, 0.15) is 16.8 Å². The minimum absolute atomic E-state index is 0.184. The third-order valence-electron chi connectivity index (χ3n) is 6.88. The molecular formula is C28H19FN4O7S2. The van der Waals surface area contributed by atoms with E-state index in [0.717, 1.165) is 28.0 Å². The van der Waals surface area contributed by atoms with Gasteiger partial charge in [-0.05, 0) is 42.5 Å². The third kappa shape index (κ3) is 4.94. The Morgan fingerprint density at radius 1 is 1.02 bits per heavy atom. The van der Waals surface area contributed by atoms with Gasteiger partial charge >= 0.3 is 4.87 Å². The van der Waals surface area contributed by atoms with Crippen LogP contribution in [-0.4, -0.2) is 39.5 Å². The van der Waals surface area contributed by atoms with E-state index in [1.54, 1.807) is 24.3 Å². The van der Waals surface area contributed by atoms with Gasteiger partial charge in [-0.3, -0.25) is 29.3 Å². The molecule has 14 heteroatoms. The molecule has 1 saturated heterocycles. The number of halogens is 1. The summed E-state index contributed by atoms with van der Waals surface area (Å²) in [7, 11) is 0. The number of nitrogens with one attached hydrogen (secondary N) is 2. The van der Waals surface area contributed by atoms with Crippen molar-refractivity contribution >= 4 is 57.9 Å². The van der Waals surface area contributed by atoms with Crippen molar-refractivity contribution in [2.24, 2.45) is 5.92 Å². The fourth-order valence-corrected chi connectivity index (χ4v) is 7.58. The van der Waals surface area contributed by atoms with Gasteiger partial charge in [0.25, 0.3) is 11.6 Å². The first-order valence-electron chi connectivity index (χ1n) is 12.5. The van der Waals surface area contributed by atoms with E-state index < -0.39 is 52.2 Å². The number of ether oxygens (including phenoxy) is 1. The van der Waals surface area contributed by atoms with E-state index in [1.807, 2.05) is 0 Å². The minimum atomic E-state index is -0.922. The Kier molecular flexibility index (Phi) is 7.08. The highest BCUT2D eigenvalue weighted by Crippen LogP contribution is 2.54. The largest absolute Gasteiger partial charge is 0.483 e. The summed E-state index contributed by atoms with van der Waals surface area (Å²) >= 11 is 2.02. The number of fused-ring (bicyclic) bond motifs is 2. The maximum absolute atomic E-state index is 13.9. The number of benzene rings is 3. The number of anilines is 2. The summed E-state index contributed by atoms with van der Waals surface area (Å²) in [6.07, 6.45) is 0. The van der Waals surface area contributed by atoms with Crippen LogP contribution in [0.1, 0.15) is 16.4 Å². The van der Waals surface area contributed by atoms with Crippen molar-refractivity contribution in [1.82, 2.24) is 4.98 Å². The lowest BCUT2D eigenvalue weighted by Gasteiger charge is -2.30. The van der Waals surface area contributed by atoms with Gasteiger partial charge in [-0.15, -0.1) is 0 Å². The number of hydrogen-bond acceptors (Lipinski definition) is 9.